The topological polar surface area (TPSA) is 82.9 Å². The van der Waals surface area contributed by atoms with Crippen LogP contribution in [0.25, 0.3) is 0 Å². The molecule has 0 radical (unpaired) electrons. The predicted molar refractivity (Wildman–Crippen MR) is 115 cm³/mol. The number of piperidine rings is 1. The molecule has 3 aliphatic heterocycles. The monoisotopic (exact) mass is 445 g/mol. The van der Waals surface area contributed by atoms with Gasteiger partial charge in [-0.05, 0) is 68.7 Å². The number of likely N-dealkylation sites (tertiary alicyclic amines) is 1. The molecule has 1 spiro atoms. The van der Waals surface area contributed by atoms with Gasteiger partial charge in [0, 0.05) is 45.5 Å². The van der Waals surface area contributed by atoms with Crippen molar-refractivity contribution in [1.29, 1.82) is 5.26 Å². The van der Waals surface area contributed by atoms with E-state index >= 15 is 0 Å². The summed E-state index contributed by atoms with van der Waals surface area (Å²) in [5, 5.41) is 8.95. The minimum absolute atomic E-state index is 0.0754. The summed E-state index contributed by atoms with van der Waals surface area (Å²) in [4.78, 5) is 2.88. The lowest BCUT2D eigenvalue weighted by atomic mass is 9.73. The first-order valence-corrected chi connectivity index (χ1v) is 12.9. The lowest BCUT2D eigenvalue weighted by molar-refractivity contribution is -0.217. The van der Waals surface area contributed by atoms with Crippen LogP contribution in [0.3, 0.4) is 0 Å². The van der Waals surface area contributed by atoms with E-state index in [1.165, 1.54) is 25.0 Å². The van der Waals surface area contributed by atoms with Crippen LogP contribution in [0.4, 0.5) is 0 Å². The summed E-state index contributed by atoms with van der Waals surface area (Å²) in [6.45, 7) is 4.48. The molecule has 3 saturated heterocycles. The van der Waals surface area contributed by atoms with Gasteiger partial charge in [0.1, 0.15) is 0 Å². The van der Waals surface area contributed by atoms with E-state index in [0.717, 1.165) is 58.0 Å². The number of hydrogen-bond acceptors (Lipinski definition) is 6. The number of sulfonamides is 1. The van der Waals surface area contributed by atoms with E-state index < -0.39 is 10.0 Å². The summed E-state index contributed by atoms with van der Waals surface area (Å²) in [5.41, 5.74) is 0.544. The molecule has 31 heavy (non-hydrogen) atoms. The van der Waals surface area contributed by atoms with E-state index in [4.69, 9.17) is 14.7 Å². The molecule has 0 bridgehead atoms. The van der Waals surface area contributed by atoms with Gasteiger partial charge in [0.05, 0.1) is 28.2 Å². The summed E-state index contributed by atoms with van der Waals surface area (Å²) >= 11 is 0. The average molecular weight is 446 g/mol. The van der Waals surface area contributed by atoms with Crippen LogP contribution in [-0.4, -0.2) is 74.8 Å². The maximum atomic E-state index is 13.0. The zero-order chi connectivity index (χ0) is 21.5. The van der Waals surface area contributed by atoms with Crippen LogP contribution in [0, 0.1) is 17.2 Å². The quantitative estimate of drug-likeness (QED) is 0.669. The minimum Gasteiger partial charge on any atom is -0.381 e. The minimum atomic E-state index is -3.52. The molecule has 1 unspecified atom stereocenters. The molecule has 7 nitrogen and oxygen atoms in total. The zero-order valence-corrected chi connectivity index (χ0v) is 18.7. The molecular weight excluding hydrogens is 414 g/mol. The molecule has 5 rings (SSSR count). The number of rotatable bonds is 6. The van der Waals surface area contributed by atoms with Crippen molar-refractivity contribution in [3.63, 3.8) is 0 Å². The molecule has 168 valence electrons. The van der Waals surface area contributed by atoms with Gasteiger partial charge in [0.15, 0.2) is 0 Å². The Morgan fingerprint density at radius 1 is 1.10 bits per heavy atom. The molecular formula is C23H31N3O4S. The third-order valence-electron chi connectivity index (χ3n) is 7.61. The molecule has 1 aromatic rings. The van der Waals surface area contributed by atoms with Crippen LogP contribution < -0.4 is 0 Å². The van der Waals surface area contributed by atoms with Gasteiger partial charge in [-0.2, -0.15) is 9.57 Å². The molecule has 0 aromatic heterocycles. The predicted octanol–water partition coefficient (Wildman–Crippen LogP) is 2.37. The van der Waals surface area contributed by atoms with Crippen molar-refractivity contribution in [3.8, 4) is 6.07 Å². The van der Waals surface area contributed by atoms with Gasteiger partial charge in [-0.15, -0.1) is 0 Å². The lowest BCUT2D eigenvalue weighted by Crippen LogP contribution is -2.76. The van der Waals surface area contributed by atoms with E-state index in [2.05, 4.69) is 4.90 Å². The number of benzene rings is 1. The second-order valence-corrected chi connectivity index (χ2v) is 11.3. The summed E-state index contributed by atoms with van der Waals surface area (Å²) in [7, 11) is -3.52. The molecule has 4 fully saturated rings. The molecule has 0 amide bonds. The molecule has 1 saturated carbocycles. The zero-order valence-electron chi connectivity index (χ0n) is 17.9. The maximum Gasteiger partial charge on any atom is 0.243 e. The number of ether oxygens (including phenoxy) is 2. The number of nitrogens with zero attached hydrogens (tertiary/aromatic N) is 3. The van der Waals surface area contributed by atoms with Crippen molar-refractivity contribution in [3.05, 3.63) is 29.8 Å². The van der Waals surface area contributed by atoms with Gasteiger partial charge in [0.2, 0.25) is 10.0 Å². The first-order valence-electron chi connectivity index (χ1n) is 11.5. The first kappa shape index (κ1) is 21.4. The van der Waals surface area contributed by atoms with E-state index in [1.54, 1.807) is 16.4 Å². The van der Waals surface area contributed by atoms with Gasteiger partial charge in [-0.1, -0.05) is 0 Å². The van der Waals surface area contributed by atoms with Crippen molar-refractivity contribution in [2.75, 3.05) is 39.5 Å². The SMILES string of the molecule is N#Cc1ccc(S(=O)(=O)N2CCC(N3CC(OCC4CC4)C34CCOCC4)CC2)cc1. The highest BCUT2D eigenvalue weighted by Gasteiger charge is 2.57. The number of hydrogen-bond donors (Lipinski definition) is 0. The Kier molecular flexibility index (Phi) is 5.82. The normalized spacial score (nSPS) is 27.6. The molecule has 8 heteroatoms. The van der Waals surface area contributed by atoms with Crippen LogP contribution in [0.15, 0.2) is 29.2 Å². The van der Waals surface area contributed by atoms with Gasteiger partial charge >= 0.3 is 0 Å². The fourth-order valence-electron chi connectivity index (χ4n) is 5.44. The first-order chi connectivity index (χ1) is 15.0. The van der Waals surface area contributed by atoms with E-state index in [-0.39, 0.29) is 16.5 Å². The molecule has 0 N–H and O–H groups in total. The van der Waals surface area contributed by atoms with E-state index in [0.29, 0.717) is 24.7 Å². The van der Waals surface area contributed by atoms with Crippen LogP contribution >= 0.6 is 0 Å². The Labute approximate surface area is 185 Å². The second kappa shape index (κ2) is 8.45. The number of nitriles is 1. The van der Waals surface area contributed by atoms with Gasteiger partial charge in [-0.3, -0.25) is 4.90 Å². The van der Waals surface area contributed by atoms with E-state index in [1.807, 2.05) is 6.07 Å². The Balaban J connectivity index is 1.22. The third kappa shape index (κ3) is 4.03. The molecule has 4 aliphatic rings. The Hall–Kier alpha value is -1.50. The summed E-state index contributed by atoms with van der Waals surface area (Å²) in [6, 6.07) is 8.63. The summed E-state index contributed by atoms with van der Waals surface area (Å²) < 4.78 is 39.7. The fraction of sp³-hybridized carbons (Fsp3) is 0.696. The average Bonchev–Trinajstić information content (AvgIpc) is 3.64. The van der Waals surface area contributed by atoms with Crippen LogP contribution in [-0.2, 0) is 19.5 Å². The smallest absolute Gasteiger partial charge is 0.243 e. The Morgan fingerprint density at radius 3 is 2.39 bits per heavy atom. The van der Waals surface area contributed by atoms with Gasteiger partial charge in [-0.25, -0.2) is 8.42 Å². The van der Waals surface area contributed by atoms with Crippen molar-refractivity contribution in [1.82, 2.24) is 9.21 Å². The molecule has 3 heterocycles. The Morgan fingerprint density at radius 2 is 1.77 bits per heavy atom. The fourth-order valence-corrected chi connectivity index (χ4v) is 6.91. The van der Waals surface area contributed by atoms with Gasteiger partial charge in [0.25, 0.3) is 0 Å². The standard InChI is InChI=1S/C23H31N3O4S/c24-15-18-3-5-21(6-4-18)31(27,28)25-11-7-20(8-12-25)26-16-22(30-17-19-1-2-19)23(26)9-13-29-14-10-23/h3-6,19-20,22H,1-2,7-14,16-17H2. The highest BCUT2D eigenvalue weighted by Crippen LogP contribution is 2.45. The highest BCUT2D eigenvalue weighted by atomic mass is 32.2. The van der Waals surface area contributed by atoms with E-state index in [9.17, 15) is 8.42 Å². The van der Waals surface area contributed by atoms with Crippen molar-refractivity contribution in [2.24, 2.45) is 5.92 Å². The highest BCUT2D eigenvalue weighted by molar-refractivity contribution is 7.89. The Bertz CT molecular complexity index is 925. The lowest BCUT2D eigenvalue weighted by Gasteiger charge is -2.63. The van der Waals surface area contributed by atoms with Crippen LogP contribution in [0.1, 0.15) is 44.1 Å². The van der Waals surface area contributed by atoms with Crippen molar-refractivity contribution >= 4 is 10.0 Å². The summed E-state index contributed by atoms with van der Waals surface area (Å²) in [6.07, 6.45) is 6.59. The van der Waals surface area contributed by atoms with Crippen molar-refractivity contribution in [2.45, 2.75) is 61.1 Å². The largest absolute Gasteiger partial charge is 0.381 e. The van der Waals surface area contributed by atoms with Crippen molar-refractivity contribution < 1.29 is 17.9 Å². The maximum absolute atomic E-state index is 13.0. The van der Waals surface area contributed by atoms with Crippen LogP contribution in [0.2, 0.25) is 0 Å². The molecule has 1 atom stereocenters. The second-order valence-electron chi connectivity index (χ2n) is 9.41. The van der Waals surface area contributed by atoms with Crippen LogP contribution in [0.5, 0.6) is 0 Å². The molecule has 1 aliphatic carbocycles. The third-order valence-corrected chi connectivity index (χ3v) is 9.52. The summed E-state index contributed by atoms with van der Waals surface area (Å²) in [5.74, 6) is 0.765. The van der Waals surface area contributed by atoms with Gasteiger partial charge < -0.3 is 9.47 Å². The molecule has 1 aromatic carbocycles.